The normalized spacial score (nSPS) is 22.8. The summed E-state index contributed by atoms with van der Waals surface area (Å²) in [6.07, 6.45) is 6.56. The number of aromatic nitrogens is 1. The molecule has 5 nitrogen and oxygen atoms in total. The van der Waals surface area contributed by atoms with Crippen molar-refractivity contribution in [3.05, 3.63) is 23.9 Å². The second-order valence-electron chi connectivity index (χ2n) is 6.09. The molecule has 2 fully saturated rings. The van der Waals surface area contributed by atoms with Crippen LogP contribution in [0.4, 0.5) is 5.82 Å². The highest BCUT2D eigenvalue weighted by atomic mass is 16.2. The monoisotopic (exact) mass is 287 g/mol. The van der Waals surface area contributed by atoms with Crippen LogP contribution in [-0.4, -0.2) is 34.3 Å². The Morgan fingerprint density at radius 3 is 2.86 bits per heavy atom. The summed E-state index contributed by atoms with van der Waals surface area (Å²) in [6.45, 7) is 2.51. The first-order valence-electron chi connectivity index (χ1n) is 7.66. The quantitative estimate of drug-likeness (QED) is 0.926. The van der Waals surface area contributed by atoms with E-state index in [1.54, 1.807) is 6.20 Å². The van der Waals surface area contributed by atoms with Gasteiger partial charge in [-0.3, -0.25) is 9.59 Å². The number of hydrogen-bond donors (Lipinski definition) is 1. The zero-order valence-electron chi connectivity index (χ0n) is 12.3. The van der Waals surface area contributed by atoms with Gasteiger partial charge in [-0.15, -0.1) is 0 Å². The molecule has 0 radical (unpaired) electrons. The van der Waals surface area contributed by atoms with E-state index in [1.165, 1.54) is 12.8 Å². The molecule has 1 saturated heterocycles. The Balaban J connectivity index is 1.62. The number of likely N-dealkylation sites (tertiary alicyclic amines) is 1. The predicted octanol–water partition coefficient (Wildman–Crippen LogP) is 2.12. The Kier molecular flexibility index (Phi) is 3.90. The summed E-state index contributed by atoms with van der Waals surface area (Å²) in [7, 11) is 0. The second kappa shape index (κ2) is 5.84. The number of anilines is 1. The maximum absolute atomic E-state index is 12.3. The van der Waals surface area contributed by atoms with Crippen molar-refractivity contribution >= 4 is 17.6 Å². The van der Waals surface area contributed by atoms with Gasteiger partial charge in [0.05, 0.1) is 5.92 Å². The van der Waals surface area contributed by atoms with Gasteiger partial charge in [0.1, 0.15) is 5.82 Å². The molecule has 0 spiro atoms. The van der Waals surface area contributed by atoms with Gasteiger partial charge in [0, 0.05) is 25.2 Å². The van der Waals surface area contributed by atoms with Crippen LogP contribution in [0.15, 0.2) is 18.3 Å². The first kappa shape index (κ1) is 14.0. The molecule has 0 aromatic carbocycles. The van der Waals surface area contributed by atoms with Crippen LogP contribution in [-0.2, 0) is 9.59 Å². The molecule has 1 aliphatic carbocycles. The van der Waals surface area contributed by atoms with E-state index in [1.807, 2.05) is 24.0 Å². The number of nitrogens with one attached hydrogen (secondary N) is 1. The third-order valence-electron chi connectivity index (χ3n) is 4.46. The van der Waals surface area contributed by atoms with Crippen LogP contribution in [0.3, 0.4) is 0 Å². The van der Waals surface area contributed by atoms with E-state index in [0.717, 1.165) is 18.4 Å². The molecule has 0 bridgehead atoms. The van der Waals surface area contributed by atoms with Crippen LogP contribution < -0.4 is 5.32 Å². The van der Waals surface area contributed by atoms with E-state index in [-0.39, 0.29) is 17.7 Å². The fraction of sp³-hybridized carbons (Fsp3) is 0.562. The molecule has 1 aliphatic heterocycles. The van der Waals surface area contributed by atoms with Gasteiger partial charge in [-0.2, -0.15) is 0 Å². The molecule has 1 atom stereocenters. The zero-order valence-corrected chi connectivity index (χ0v) is 12.3. The molecule has 2 amide bonds. The molecule has 21 heavy (non-hydrogen) atoms. The van der Waals surface area contributed by atoms with E-state index >= 15 is 0 Å². The van der Waals surface area contributed by atoms with E-state index in [9.17, 15) is 9.59 Å². The van der Waals surface area contributed by atoms with Crippen molar-refractivity contribution < 1.29 is 9.59 Å². The van der Waals surface area contributed by atoms with Crippen LogP contribution in [0.2, 0.25) is 0 Å². The van der Waals surface area contributed by atoms with Crippen LogP contribution >= 0.6 is 0 Å². The van der Waals surface area contributed by atoms with Gasteiger partial charge in [-0.1, -0.05) is 12.8 Å². The number of nitrogens with zero attached hydrogens (tertiary/aromatic N) is 2. The molecule has 3 rings (SSSR count). The maximum atomic E-state index is 12.3. The van der Waals surface area contributed by atoms with Crippen LogP contribution in [0.5, 0.6) is 0 Å². The fourth-order valence-electron chi connectivity index (χ4n) is 3.31. The van der Waals surface area contributed by atoms with Gasteiger partial charge < -0.3 is 10.2 Å². The molecule has 5 heteroatoms. The predicted molar refractivity (Wildman–Crippen MR) is 79.7 cm³/mol. The van der Waals surface area contributed by atoms with Crippen molar-refractivity contribution in [3.8, 4) is 0 Å². The van der Waals surface area contributed by atoms with Gasteiger partial charge in [-0.05, 0) is 37.5 Å². The molecule has 1 unspecified atom stereocenters. The van der Waals surface area contributed by atoms with Crippen LogP contribution in [0.25, 0.3) is 0 Å². The number of aryl methyl sites for hydroxylation is 1. The highest BCUT2D eigenvalue weighted by Crippen LogP contribution is 2.29. The Bertz CT molecular complexity index is 552. The SMILES string of the molecule is Cc1ccnc(NC(=O)C2CC(=O)N(C3CCCC3)C2)c1. The Morgan fingerprint density at radius 2 is 2.14 bits per heavy atom. The number of carbonyl (C=O) groups excluding carboxylic acids is 2. The molecular formula is C16H21N3O2. The van der Waals surface area contributed by atoms with Crippen molar-refractivity contribution in [1.82, 2.24) is 9.88 Å². The number of carbonyl (C=O) groups is 2. The van der Waals surface area contributed by atoms with Gasteiger partial charge in [0.25, 0.3) is 0 Å². The van der Waals surface area contributed by atoms with Crippen molar-refractivity contribution in [1.29, 1.82) is 0 Å². The third-order valence-corrected chi connectivity index (χ3v) is 4.46. The summed E-state index contributed by atoms with van der Waals surface area (Å²) in [6, 6.07) is 4.08. The number of amides is 2. The van der Waals surface area contributed by atoms with E-state index < -0.39 is 0 Å². The van der Waals surface area contributed by atoms with Crippen molar-refractivity contribution in [3.63, 3.8) is 0 Å². The lowest BCUT2D eigenvalue weighted by atomic mass is 10.1. The fourth-order valence-corrected chi connectivity index (χ4v) is 3.31. The van der Waals surface area contributed by atoms with Crippen LogP contribution in [0, 0.1) is 12.8 Å². The largest absolute Gasteiger partial charge is 0.339 e. The molecule has 1 aromatic heterocycles. The molecule has 1 N–H and O–H groups in total. The first-order chi connectivity index (χ1) is 10.1. The van der Waals surface area contributed by atoms with Crippen molar-refractivity contribution in [2.45, 2.75) is 45.1 Å². The number of hydrogen-bond acceptors (Lipinski definition) is 3. The Hall–Kier alpha value is -1.91. The zero-order chi connectivity index (χ0) is 14.8. The highest BCUT2D eigenvalue weighted by Gasteiger charge is 2.38. The second-order valence-corrected chi connectivity index (χ2v) is 6.09. The topological polar surface area (TPSA) is 62.3 Å². The average Bonchev–Trinajstić information content (AvgIpc) is 3.07. The summed E-state index contributed by atoms with van der Waals surface area (Å²) in [5.41, 5.74) is 1.05. The molecule has 1 aromatic rings. The lowest BCUT2D eigenvalue weighted by Crippen LogP contribution is -2.35. The summed E-state index contributed by atoms with van der Waals surface area (Å²) >= 11 is 0. The molecule has 1 saturated carbocycles. The van der Waals surface area contributed by atoms with Crippen molar-refractivity contribution in [2.24, 2.45) is 5.92 Å². The summed E-state index contributed by atoms with van der Waals surface area (Å²) in [5, 5.41) is 2.83. The van der Waals surface area contributed by atoms with E-state index in [4.69, 9.17) is 0 Å². The summed E-state index contributed by atoms with van der Waals surface area (Å²) in [4.78, 5) is 30.5. The number of rotatable bonds is 3. The van der Waals surface area contributed by atoms with Gasteiger partial charge in [-0.25, -0.2) is 4.98 Å². The standard InChI is InChI=1S/C16H21N3O2/c1-11-6-7-17-14(8-11)18-16(21)12-9-15(20)19(10-12)13-4-2-3-5-13/h6-8,12-13H,2-5,9-10H2,1H3,(H,17,18,21). The number of pyridine rings is 1. The molecule has 112 valence electrons. The summed E-state index contributed by atoms with van der Waals surface area (Å²) < 4.78 is 0. The minimum absolute atomic E-state index is 0.0954. The lowest BCUT2D eigenvalue weighted by molar-refractivity contribution is -0.129. The first-order valence-corrected chi connectivity index (χ1v) is 7.66. The molecule has 2 aliphatic rings. The summed E-state index contributed by atoms with van der Waals surface area (Å²) in [5.74, 6) is 0.341. The van der Waals surface area contributed by atoms with Gasteiger partial charge in [0.2, 0.25) is 11.8 Å². The van der Waals surface area contributed by atoms with Crippen molar-refractivity contribution in [2.75, 3.05) is 11.9 Å². The highest BCUT2D eigenvalue weighted by molar-refractivity contribution is 5.96. The molecule has 2 heterocycles. The average molecular weight is 287 g/mol. The Labute approximate surface area is 124 Å². The third kappa shape index (κ3) is 3.06. The minimum Gasteiger partial charge on any atom is -0.339 e. The van der Waals surface area contributed by atoms with E-state index in [0.29, 0.717) is 24.8 Å². The maximum Gasteiger partial charge on any atom is 0.230 e. The van der Waals surface area contributed by atoms with Gasteiger partial charge >= 0.3 is 0 Å². The lowest BCUT2D eigenvalue weighted by Gasteiger charge is -2.23. The molecular weight excluding hydrogens is 266 g/mol. The minimum atomic E-state index is -0.250. The van der Waals surface area contributed by atoms with Crippen LogP contribution in [0.1, 0.15) is 37.7 Å². The van der Waals surface area contributed by atoms with Gasteiger partial charge in [0.15, 0.2) is 0 Å². The Morgan fingerprint density at radius 1 is 1.38 bits per heavy atom. The smallest absolute Gasteiger partial charge is 0.230 e. The van der Waals surface area contributed by atoms with E-state index in [2.05, 4.69) is 10.3 Å².